The summed E-state index contributed by atoms with van der Waals surface area (Å²) >= 11 is 0. The lowest BCUT2D eigenvalue weighted by molar-refractivity contribution is 0.0827. The predicted octanol–water partition coefficient (Wildman–Crippen LogP) is 2.60. The number of amides is 1. The maximum atomic E-state index is 11.6. The maximum absolute atomic E-state index is 11.6. The van der Waals surface area contributed by atoms with E-state index in [0.717, 1.165) is 17.8 Å². The van der Waals surface area contributed by atoms with Crippen LogP contribution in [0.4, 0.5) is 5.69 Å². The largest absolute Gasteiger partial charge is 0.385 e. The quantitative estimate of drug-likeness (QED) is 0.774. The molecule has 16 heavy (non-hydrogen) atoms. The molecule has 1 rings (SSSR count). The summed E-state index contributed by atoms with van der Waals surface area (Å²) in [5, 5.41) is 3.32. The summed E-state index contributed by atoms with van der Waals surface area (Å²) in [7, 11) is 3.52. The predicted molar refractivity (Wildman–Crippen MR) is 67.9 cm³/mol. The molecule has 1 N–H and O–H groups in total. The second kappa shape index (κ2) is 6.16. The summed E-state index contributed by atoms with van der Waals surface area (Å²) in [6.45, 7) is 3.15. The van der Waals surface area contributed by atoms with E-state index < -0.39 is 0 Å². The molecule has 0 saturated heterocycles. The molecule has 88 valence electrons. The number of benzene rings is 1. The average Bonchev–Trinajstić information content (AvgIpc) is 2.29. The Hall–Kier alpha value is -1.51. The van der Waals surface area contributed by atoms with Crippen LogP contribution in [0.5, 0.6) is 0 Å². The van der Waals surface area contributed by atoms with Crippen LogP contribution in [-0.2, 0) is 0 Å². The van der Waals surface area contributed by atoms with Gasteiger partial charge >= 0.3 is 0 Å². The monoisotopic (exact) mass is 220 g/mol. The minimum Gasteiger partial charge on any atom is -0.385 e. The molecule has 0 unspecified atom stereocenters. The van der Waals surface area contributed by atoms with Crippen LogP contribution in [0.25, 0.3) is 0 Å². The van der Waals surface area contributed by atoms with E-state index in [1.807, 2.05) is 24.3 Å². The Balaban J connectivity index is 2.57. The van der Waals surface area contributed by atoms with E-state index in [4.69, 9.17) is 0 Å². The Morgan fingerprint density at radius 2 is 1.88 bits per heavy atom. The Morgan fingerprint density at radius 1 is 1.25 bits per heavy atom. The molecule has 0 spiro atoms. The summed E-state index contributed by atoms with van der Waals surface area (Å²) in [4.78, 5) is 13.2. The van der Waals surface area contributed by atoms with Crippen molar-refractivity contribution in [3.05, 3.63) is 29.8 Å². The third-order valence-electron chi connectivity index (χ3n) is 2.40. The molecule has 0 aliphatic rings. The molecule has 0 aromatic heterocycles. The molecule has 1 aromatic carbocycles. The molecule has 0 aliphatic carbocycles. The van der Waals surface area contributed by atoms with Crippen molar-refractivity contribution in [3.8, 4) is 0 Å². The molecule has 0 atom stereocenters. The first-order valence-electron chi connectivity index (χ1n) is 5.70. The van der Waals surface area contributed by atoms with Gasteiger partial charge in [-0.05, 0) is 30.7 Å². The standard InChI is InChI=1S/C13H20N2O/c1-4-5-10-14-12-8-6-11(7-9-12)13(16)15(2)3/h6-9,14H,4-5,10H2,1-3H3. The number of hydrogen-bond acceptors (Lipinski definition) is 2. The van der Waals surface area contributed by atoms with Crippen LogP contribution < -0.4 is 5.32 Å². The van der Waals surface area contributed by atoms with Gasteiger partial charge in [0.2, 0.25) is 0 Å². The SMILES string of the molecule is CCCCNc1ccc(C(=O)N(C)C)cc1. The Morgan fingerprint density at radius 3 is 2.38 bits per heavy atom. The van der Waals surface area contributed by atoms with E-state index in [0.29, 0.717) is 0 Å². The first-order chi connectivity index (χ1) is 7.65. The first-order valence-corrected chi connectivity index (χ1v) is 5.70. The van der Waals surface area contributed by atoms with Gasteiger partial charge in [0.15, 0.2) is 0 Å². The van der Waals surface area contributed by atoms with Crippen LogP contribution in [0.2, 0.25) is 0 Å². The number of nitrogens with zero attached hydrogens (tertiary/aromatic N) is 1. The summed E-state index contributed by atoms with van der Waals surface area (Å²) in [6, 6.07) is 7.62. The van der Waals surface area contributed by atoms with Crippen molar-refractivity contribution >= 4 is 11.6 Å². The normalized spacial score (nSPS) is 9.94. The molecule has 1 amide bonds. The first kappa shape index (κ1) is 12.6. The molecule has 0 fully saturated rings. The van der Waals surface area contributed by atoms with E-state index in [9.17, 15) is 4.79 Å². The molecule has 0 bridgehead atoms. The lowest BCUT2D eigenvalue weighted by atomic mass is 10.2. The van der Waals surface area contributed by atoms with Gasteiger partial charge in [-0.3, -0.25) is 4.79 Å². The highest BCUT2D eigenvalue weighted by molar-refractivity contribution is 5.94. The number of nitrogens with one attached hydrogen (secondary N) is 1. The lowest BCUT2D eigenvalue weighted by Gasteiger charge is -2.11. The highest BCUT2D eigenvalue weighted by Crippen LogP contribution is 2.10. The van der Waals surface area contributed by atoms with Crippen molar-refractivity contribution in [2.24, 2.45) is 0 Å². The molecular formula is C13H20N2O. The Labute approximate surface area is 97.5 Å². The van der Waals surface area contributed by atoms with Gasteiger partial charge in [0, 0.05) is 31.9 Å². The molecule has 0 saturated carbocycles. The third-order valence-corrected chi connectivity index (χ3v) is 2.40. The van der Waals surface area contributed by atoms with Gasteiger partial charge in [-0.25, -0.2) is 0 Å². The number of unbranched alkanes of at least 4 members (excludes halogenated alkanes) is 1. The minimum atomic E-state index is 0.0418. The molecule has 3 heteroatoms. The van der Waals surface area contributed by atoms with Crippen LogP contribution in [-0.4, -0.2) is 31.4 Å². The Kier molecular flexibility index (Phi) is 4.83. The van der Waals surface area contributed by atoms with Crippen molar-refractivity contribution in [3.63, 3.8) is 0 Å². The summed E-state index contributed by atoms with van der Waals surface area (Å²) in [5.41, 5.74) is 1.80. The Bertz CT molecular complexity index is 330. The summed E-state index contributed by atoms with van der Waals surface area (Å²) < 4.78 is 0. The number of carbonyl (C=O) groups excluding carboxylic acids is 1. The fourth-order valence-electron chi connectivity index (χ4n) is 1.40. The lowest BCUT2D eigenvalue weighted by Crippen LogP contribution is -2.21. The smallest absolute Gasteiger partial charge is 0.253 e. The van der Waals surface area contributed by atoms with Crippen molar-refractivity contribution in [2.45, 2.75) is 19.8 Å². The van der Waals surface area contributed by atoms with Gasteiger partial charge < -0.3 is 10.2 Å². The molecule has 1 aromatic rings. The van der Waals surface area contributed by atoms with Gasteiger partial charge in [-0.1, -0.05) is 13.3 Å². The van der Waals surface area contributed by atoms with E-state index in [1.165, 1.54) is 12.8 Å². The number of anilines is 1. The van der Waals surface area contributed by atoms with Gasteiger partial charge in [0.1, 0.15) is 0 Å². The van der Waals surface area contributed by atoms with Crippen molar-refractivity contribution in [2.75, 3.05) is 26.0 Å². The molecule has 0 radical (unpaired) electrons. The van der Waals surface area contributed by atoms with E-state index in [-0.39, 0.29) is 5.91 Å². The molecule has 3 nitrogen and oxygen atoms in total. The second-order valence-corrected chi connectivity index (χ2v) is 4.06. The van der Waals surface area contributed by atoms with Crippen LogP contribution >= 0.6 is 0 Å². The topological polar surface area (TPSA) is 32.3 Å². The zero-order valence-electron chi connectivity index (χ0n) is 10.3. The average molecular weight is 220 g/mol. The van der Waals surface area contributed by atoms with Crippen LogP contribution in [0, 0.1) is 0 Å². The fourth-order valence-corrected chi connectivity index (χ4v) is 1.40. The number of hydrogen-bond donors (Lipinski definition) is 1. The van der Waals surface area contributed by atoms with E-state index in [1.54, 1.807) is 19.0 Å². The molecule has 0 heterocycles. The van der Waals surface area contributed by atoms with Crippen molar-refractivity contribution in [1.29, 1.82) is 0 Å². The van der Waals surface area contributed by atoms with Crippen LogP contribution in [0.1, 0.15) is 30.1 Å². The van der Waals surface area contributed by atoms with Crippen LogP contribution in [0.3, 0.4) is 0 Å². The van der Waals surface area contributed by atoms with Gasteiger partial charge in [-0.2, -0.15) is 0 Å². The van der Waals surface area contributed by atoms with Gasteiger partial charge in [0.05, 0.1) is 0 Å². The van der Waals surface area contributed by atoms with Gasteiger partial charge in [0.25, 0.3) is 5.91 Å². The van der Waals surface area contributed by atoms with Crippen molar-refractivity contribution < 1.29 is 4.79 Å². The van der Waals surface area contributed by atoms with E-state index >= 15 is 0 Å². The highest BCUT2D eigenvalue weighted by Gasteiger charge is 2.06. The maximum Gasteiger partial charge on any atom is 0.253 e. The zero-order chi connectivity index (χ0) is 12.0. The zero-order valence-corrected chi connectivity index (χ0v) is 10.3. The van der Waals surface area contributed by atoms with Crippen LogP contribution in [0.15, 0.2) is 24.3 Å². The summed E-state index contributed by atoms with van der Waals surface area (Å²) in [5.74, 6) is 0.0418. The third kappa shape index (κ3) is 3.57. The summed E-state index contributed by atoms with van der Waals surface area (Å²) in [6.07, 6.45) is 2.35. The molecule has 0 aliphatic heterocycles. The minimum absolute atomic E-state index is 0.0418. The van der Waals surface area contributed by atoms with Gasteiger partial charge in [-0.15, -0.1) is 0 Å². The van der Waals surface area contributed by atoms with Crippen molar-refractivity contribution in [1.82, 2.24) is 4.90 Å². The molecular weight excluding hydrogens is 200 g/mol. The number of carbonyl (C=O) groups is 1. The highest BCUT2D eigenvalue weighted by atomic mass is 16.2. The van der Waals surface area contributed by atoms with E-state index in [2.05, 4.69) is 12.2 Å². The number of rotatable bonds is 5. The fraction of sp³-hybridized carbons (Fsp3) is 0.462. The second-order valence-electron chi connectivity index (χ2n) is 4.06.